The predicted molar refractivity (Wildman–Crippen MR) is 94.9 cm³/mol. The van der Waals surface area contributed by atoms with Crippen LogP contribution in [-0.2, 0) is 0 Å². The summed E-state index contributed by atoms with van der Waals surface area (Å²) in [5.41, 5.74) is -0.0990. The van der Waals surface area contributed by atoms with Gasteiger partial charge in [-0.2, -0.15) is 5.26 Å². The second-order valence-corrected chi connectivity index (χ2v) is 7.12. The van der Waals surface area contributed by atoms with Crippen molar-refractivity contribution in [1.29, 1.82) is 5.26 Å². The van der Waals surface area contributed by atoms with Crippen LogP contribution in [0.1, 0.15) is 65.7 Å². The molecule has 1 aliphatic heterocycles. The number of likely N-dealkylation sites (tertiary alicyclic amines) is 1. The van der Waals surface area contributed by atoms with Gasteiger partial charge in [-0.05, 0) is 37.8 Å². The minimum absolute atomic E-state index is 0.0530. The van der Waals surface area contributed by atoms with Crippen LogP contribution in [-0.4, -0.2) is 39.9 Å². The molecule has 146 valence electrons. The molecule has 2 aromatic heterocycles. The second kappa shape index (κ2) is 7.54. The standard InChI is InChI=1S/C19H19F2N5O2/c20-17(21)15-16(28-18(25-15)12-4-5-12)19(27)26-7-1-2-13(10-26)24-14-6-3-11(8-22)9-23-14/h3,6,9,12-13,17H,1-2,4-5,7,10H2,(H,23,24). The van der Waals surface area contributed by atoms with E-state index in [0.717, 1.165) is 25.7 Å². The van der Waals surface area contributed by atoms with E-state index in [2.05, 4.69) is 15.3 Å². The van der Waals surface area contributed by atoms with Gasteiger partial charge >= 0.3 is 0 Å². The van der Waals surface area contributed by atoms with E-state index in [1.54, 1.807) is 12.1 Å². The second-order valence-electron chi connectivity index (χ2n) is 7.12. The summed E-state index contributed by atoms with van der Waals surface area (Å²) in [6.45, 7) is 0.822. The first kappa shape index (κ1) is 18.3. The van der Waals surface area contributed by atoms with Gasteiger partial charge in [0, 0.05) is 31.2 Å². The summed E-state index contributed by atoms with van der Waals surface area (Å²) in [6, 6.07) is 5.29. The van der Waals surface area contributed by atoms with Gasteiger partial charge in [-0.15, -0.1) is 0 Å². The first-order valence-corrected chi connectivity index (χ1v) is 9.26. The first-order chi connectivity index (χ1) is 13.5. The molecule has 1 saturated carbocycles. The third-order valence-corrected chi connectivity index (χ3v) is 4.95. The highest BCUT2D eigenvalue weighted by molar-refractivity contribution is 5.92. The van der Waals surface area contributed by atoms with Crippen LogP contribution in [0.15, 0.2) is 22.7 Å². The molecule has 0 radical (unpaired) electrons. The topological polar surface area (TPSA) is 95.1 Å². The van der Waals surface area contributed by atoms with Crippen molar-refractivity contribution in [2.45, 2.75) is 44.1 Å². The number of aromatic nitrogens is 2. The highest BCUT2D eigenvalue weighted by Crippen LogP contribution is 2.41. The first-order valence-electron chi connectivity index (χ1n) is 9.26. The summed E-state index contributed by atoms with van der Waals surface area (Å²) in [7, 11) is 0. The molecule has 2 fully saturated rings. The van der Waals surface area contributed by atoms with Gasteiger partial charge in [0.1, 0.15) is 11.9 Å². The summed E-state index contributed by atoms with van der Waals surface area (Å²) in [5.74, 6) is 0.00897. The number of oxazole rings is 1. The zero-order valence-electron chi connectivity index (χ0n) is 15.1. The Morgan fingerprint density at radius 3 is 2.82 bits per heavy atom. The fourth-order valence-corrected chi connectivity index (χ4v) is 3.33. The van der Waals surface area contributed by atoms with E-state index in [-0.39, 0.29) is 23.6 Å². The third-order valence-electron chi connectivity index (χ3n) is 4.95. The van der Waals surface area contributed by atoms with E-state index < -0.39 is 18.0 Å². The van der Waals surface area contributed by atoms with Crippen molar-refractivity contribution in [3.63, 3.8) is 0 Å². The van der Waals surface area contributed by atoms with Gasteiger partial charge in [-0.3, -0.25) is 4.79 Å². The van der Waals surface area contributed by atoms with Crippen molar-refractivity contribution in [1.82, 2.24) is 14.9 Å². The van der Waals surface area contributed by atoms with Gasteiger partial charge in [-0.25, -0.2) is 18.7 Å². The molecule has 2 aliphatic rings. The molecule has 0 bridgehead atoms. The summed E-state index contributed by atoms with van der Waals surface area (Å²) in [4.78, 5) is 22.4. The Kier molecular flexibility index (Phi) is 4.94. The number of rotatable bonds is 5. The van der Waals surface area contributed by atoms with Crippen molar-refractivity contribution in [2.24, 2.45) is 0 Å². The van der Waals surface area contributed by atoms with Crippen molar-refractivity contribution in [2.75, 3.05) is 18.4 Å². The number of anilines is 1. The van der Waals surface area contributed by atoms with Crippen LogP contribution < -0.4 is 5.32 Å². The van der Waals surface area contributed by atoms with E-state index in [9.17, 15) is 13.6 Å². The van der Waals surface area contributed by atoms with E-state index in [0.29, 0.717) is 24.5 Å². The highest BCUT2D eigenvalue weighted by Gasteiger charge is 2.36. The number of hydrogen-bond donors (Lipinski definition) is 1. The molecule has 1 atom stereocenters. The Bertz CT molecular complexity index is 902. The Morgan fingerprint density at radius 2 is 2.18 bits per heavy atom. The molecule has 9 heteroatoms. The van der Waals surface area contributed by atoms with E-state index in [1.807, 2.05) is 6.07 Å². The Hall–Kier alpha value is -3.02. The normalized spacial score (nSPS) is 19.5. The molecular weight excluding hydrogens is 368 g/mol. The van der Waals surface area contributed by atoms with Crippen molar-refractivity contribution in [3.05, 3.63) is 41.2 Å². The van der Waals surface area contributed by atoms with Gasteiger partial charge < -0.3 is 14.6 Å². The number of pyridine rings is 1. The predicted octanol–water partition coefficient (Wildman–Crippen LogP) is 3.47. The lowest BCUT2D eigenvalue weighted by Gasteiger charge is -2.33. The molecule has 28 heavy (non-hydrogen) atoms. The van der Waals surface area contributed by atoms with Crippen LogP contribution in [0.5, 0.6) is 0 Å². The summed E-state index contributed by atoms with van der Waals surface area (Å²) in [6.07, 6.45) is 1.87. The number of nitrogens with zero attached hydrogens (tertiary/aromatic N) is 4. The molecule has 4 rings (SSSR count). The van der Waals surface area contributed by atoms with Crippen LogP contribution in [0.4, 0.5) is 14.6 Å². The van der Waals surface area contributed by atoms with Gasteiger partial charge in [0.05, 0.1) is 5.56 Å². The zero-order valence-corrected chi connectivity index (χ0v) is 15.1. The maximum absolute atomic E-state index is 13.3. The number of amides is 1. The fourth-order valence-electron chi connectivity index (χ4n) is 3.33. The number of nitriles is 1. The van der Waals surface area contributed by atoms with E-state index >= 15 is 0 Å². The van der Waals surface area contributed by atoms with Gasteiger partial charge in [-0.1, -0.05) is 0 Å². The maximum atomic E-state index is 13.3. The number of hydrogen-bond acceptors (Lipinski definition) is 6. The Balaban J connectivity index is 1.46. The molecule has 1 N–H and O–H groups in total. The smallest absolute Gasteiger partial charge is 0.291 e. The zero-order chi connectivity index (χ0) is 19.7. The minimum atomic E-state index is -2.85. The van der Waals surface area contributed by atoms with Gasteiger partial charge in [0.2, 0.25) is 5.76 Å². The van der Waals surface area contributed by atoms with Crippen LogP contribution >= 0.6 is 0 Å². The number of carbonyl (C=O) groups excluding carboxylic acids is 1. The van der Waals surface area contributed by atoms with Crippen LogP contribution in [0.2, 0.25) is 0 Å². The molecule has 0 aromatic carbocycles. The van der Waals surface area contributed by atoms with Gasteiger partial charge in [0.25, 0.3) is 12.3 Å². The molecule has 1 unspecified atom stereocenters. The largest absolute Gasteiger partial charge is 0.435 e. The average Bonchev–Trinajstić information content (AvgIpc) is 3.46. The van der Waals surface area contributed by atoms with E-state index in [4.69, 9.17) is 9.68 Å². The molecule has 1 saturated heterocycles. The quantitative estimate of drug-likeness (QED) is 0.844. The molecule has 0 spiro atoms. The minimum Gasteiger partial charge on any atom is -0.435 e. The lowest BCUT2D eigenvalue weighted by molar-refractivity contribution is 0.0665. The Morgan fingerprint density at radius 1 is 1.36 bits per heavy atom. The summed E-state index contributed by atoms with van der Waals surface area (Å²) >= 11 is 0. The number of halogens is 2. The number of carbonyl (C=O) groups is 1. The number of piperidine rings is 1. The van der Waals surface area contributed by atoms with Crippen molar-refractivity contribution < 1.29 is 18.0 Å². The maximum Gasteiger partial charge on any atom is 0.291 e. The molecule has 1 aliphatic carbocycles. The molecular formula is C19H19F2N5O2. The molecule has 2 aromatic rings. The van der Waals surface area contributed by atoms with Gasteiger partial charge in [0.15, 0.2) is 11.6 Å². The van der Waals surface area contributed by atoms with E-state index in [1.165, 1.54) is 11.1 Å². The lowest BCUT2D eigenvalue weighted by atomic mass is 10.1. The number of alkyl halides is 2. The fraction of sp³-hybridized carbons (Fsp3) is 0.474. The van der Waals surface area contributed by atoms with Crippen molar-refractivity contribution >= 4 is 11.7 Å². The van der Waals surface area contributed by atoms with Crippen LogP contribution in [0.25, 0.3) is 0 Å². The lowest BCUT2D eigenvalue weighted by Crippen LogP contribution is -2.45. The third kappa shape index (κ3) is 3.81. The summed E-state index contributed by atoms with van der Waals surface area (Å²) < 4.78 is 32.1. The van der Waals surface area contributed by atoms with Crippen LogP contribution in [0.3, 0.4) is 0 Å². The van der Waals surface area contributed by atoms with Crippen molar-refractivity contribution in [3.8, 4) is 6.07 Å². The Labute approximate surface area is 160 Å². The molecule has 1 amide bonds. The van der Waals surface area contributed by atoms with Crippen LogP contribution in [0, 0.1) is 11.3 Å². The highest BCUT2D eigenvalue weighted by atomic mass is 19.3. The molecule has 3 heterocycles. The monoisotopic (exact) mass is 387 g/mol. The SMILES string of the molecule is N#Cc1ccc(NC2CCCN(C(=O)c3oc(C4CC4)nc3C(F)F)C2)nc1. The molecule has 7 nitrogen and oxygen atoms in total. The average molecular weight is 387 g/mol. The summed E-state index contributed by atoms with van der Waals surface area (Å²) in [5, 5.41) is 12.1. The number of nitrogens with one attached hydrogen (secondary N) is 1.